The Morgan fingerprint density at radius 3 is 2.47 bits per heavy atom. The normalized spacial score (nSPS) is 15.3. The van der Waals surface area contributed by atoms with Crippen LogP contribution in [0, 0.1) is 24.0 Å². The van der Waals surface area contributed by atoms with E-state index in [0.29, 0.717) is 48.3 Å². The summed E-state index contributed by atoms with van der Waals surface area (Å²) in [5.41, 5.74) is 2.40. The molecule has 3 amide bonds. The number of hydrogen-bond donors (Lipinski definition) is 2. The highest BCUT2D eigenvalue weighted by atomic mass is 16.6. The molecule has 1 fully saturated rings. The van der Waals surface area contributed by atoms with Crippen LogP contribution in [-0.2, 0) is 4.79 Å². The summed E-state index contributed by atoms with van der Waals surface area (Å²) < 4.78 is 0. The quantitative estimate of drug-likeness (QED) is 0.530. The lowest BCUT2D eigenvalue weighted by Crippen LogP contribution is -2.43. The molecule has 1 unspecified atom stereocenters. The van der Waals surface area contributed by atoms with Crippen molar-refractivity contribution in [1.29, 1.82) is 0 Å². The number of likely N-dealkylation sites (tertiary alicyclic amines) is 1. The van der Waals surface area contributed by atoms with Gasteiger partial charge < -0.3 is 15.5 Å². The van der Waals surface area contributed by atoms with E-state index < -0.39 is 11.0 Å². The van der Waals surface area contributed by atoms with Crippen LogP contribution in [0.2, 0.25) is 0 Å². The van der Waals surface area contributed by atoms with Crippen molar-refractivity contribution in [3.63, 3.8) is 0 Å². The standard InChI is InChI=1S/C23H26N4O5/c1-4-24-21(28)16-8-7-14(2)18(13-16)25-22(29)20-6-5-11-26(20)23(30)17-9-10-19(27(31)32)15(3)12-17/h7-10,12-13,20H,4-6,11H2,1-3H3,(H,24,28)(H,25,29). The van der Waals surface area contributed by atoms with E-state index in [1.165, 1.54) is 23.1 Å². The third-order valence-electron chi connectivity index (χ3n) is 5.55. The van der Waals surface area contributed by atoms with Crippen molar-refractivity contribution in [2.45, 2.75) is 39.7 Å². The van der Waals surface area contributed by atoms with Gasteiger partial charge in [-0.1, -0.05) is 6.07 Å². The second-order valence-electron chi connectivity index (χ2n) is 7.79. The van der Waals surface area contributed by atoms with Crippen molar-refractivity contribution in [2.24, 2.45) is 0 Å². The molecule has 32 heavy (non-hydrogen) atoms. The topological polar surface area (TPSA) is 122 Å². The molecule has 1 atom stereocenters. The van der Waals surface area contributed by atoms with Crippen LogP contribution in [0.1, 0.15) is 51.6 Å². The molecule has 168 valence electrons. The van der Waals surface area contributed by atoms with Gasteiger partial charge in [0.1, 0.15) is 6.04 Å². The van der Waals surface area contributed by atoms with Gasteiger partial charge in [-0.2, -0.15) is 0 Å². The number of amides is 3. The van der Waals surface area contributed by atoms with E-state index in [2.05, 4.69) is 10.6 Å². The first-order valence-corrected chi connectivity index (χ1v) is 10.5. The maximum Gasteiger partial charge on any atom is 0.272 e. The number of nitrogens with zero attached hydrogens (tertiary/aromatic N) is 2. The molecular weight excluding hydrogens is 412 g/mol. The number of hydrogen-bond acceptors (Lipinski definition) is 5. The van der Waals surface area contributed by atoms with Gasteiger partial charge in [-0.3, -0.25) is 24.5 Å². The van der Waals surface area contributed by atoms with Gasteiger partial charge in [0, 0.05) is 41.5 Å². The predicted molar refractivity (Wildman–Crippen MR) is 120 cm³/mol. The summed E-state index contributed by atoms with van der Waals surface area (Å²) in [6, 6.07) is 8.62. The fourth-order valence-corrected chi connectivity index (χ4v) is 3.82. The molecule has 1 saturated heterocycles. The molecule has 3 rings (SSSR count). The Hall–Kier alpha value is -3.75. The van der Waals surface area contributed by atoms with Gasteiger partial charge in [0.05, 0.1) is 4.92 Å². The van der Waals surface area contributed by atoms with Crippen LogP contribution >= 0.6 is 0 Å². The summed E-state index contributed by atoms with van der Waals surface area (Å²) in [6.45, 7) is 6.15. The van der Waals surface area contributed by atoms with Gasteiger partial charge in [-0.05, 0) is 63.4 Å². The van der Waals surface area contributed by atoms with E-state index >= 15 is 0 Å². The Kier molecular flexibility index (Phi) is 6.87. The van der Waals surface area contributed by atoms with Crippen LogP contribution < -0.4 is 10.6 Å². The molecule has 2 aromatic rings. The van der Waals surface area contributed by atoms with Gasteiger partial charge >= 0.3 is 0 Å². The molecule has 9 heteroatoms. The molecule has 0 saturated carbocycles. The number of nitro benzene ring substituents is 1. The third kappa shape index (κ3) is 4.77. The molecule has 2 N–H and O–H groups in total. The zero-order valence-corrected chi connectivity index (χ0v) is 18.3. The van der Waals surface area contributed by atoms with Crippen molar-refractivity contribution in [2.75, 3.05) is 18.4 Å². The number of benzene rings is 2. The monoisotopic (exact) mass is 438 g/mol. The lowest BCUT2D eigenvalue weighted by atomic mass is 10.1. The Balaban J connectivity index is 1.78. The van der Waals surface area contributed by atoms with Gasteiger partial charge in [0.2, 0.25) is 5.91 Å². The van der Waals surface area contributed by atoms with Gasteiger partial charge in [0.25, 0.3) is 17.5 Å². The van der Waals surface area contributed by atoms with E-state index in [0.717, 1.165) is 5.56 Å². The first kappa shape index (κ1) is 22.9. The Labute approximate surface area is 185 Å². The van der Waals surface area contributed by atoms with Crippen molar-refractivity contribution in [3.8, 4) is 0 Å². The number of nitro groups is 1. The predicted octanol–water partition coefficient (Wildman–Crippen LogP) is 3.20. The number of carbonyl (C=O) groups excluding carboxylic acids is 3. The number of nitrogens with one attached hydrogen (secondary N) is 2. The summed E-state index contributed by atoms with van der Waals surface area (Å²) in [5.74, 6) is -0.895. The Morgan fingerprint density at radius 2 is 1.81 bits per heavy atom. The molecule has 1 heterocycles. The number of carbonyl (C=O) groups is 3. The molecule has 9 nitrogen and oxygen atoms in total. The van der Waals surface area contributed by atoms with E-state index in [-0.39, 0.29) is 23.4 Å². The fourth-order valence-electron chi connectivity index (χ4n) is 3.82. The van der Waals surface area contributed by atoms with E-state index in [9.17, 15) is 24.5 Å². The SMILES string of the molecule is CCNC(=O)c1ccc(C)c(NC(=O)C2CCCN2C(=O)c2ccc([N+](=O)[O-])c(C)c2)c1. The van der Waals surface area contributed by atoms with Gasteiger partial charge in [0.15, 0.2) is 0 Å². The first-order chi connectivity index (χ1) is 15.2. The molecule has 0 bridgehead atoms. The largest absolute Gasteiger partial charge is 0.352 e. The minimum Gasteiger partial charge on any atom is -0.352 e. The van der Waals surface area contributed by atoms with Crippen molar-refractivity contribution < 1.29 is 19.3 Å². The minimum absolute atomic E-state index is 0.0558. The van der Waals surface area contributed by atoms with E-state index in [1.54, 1.807) is 25.1 Å². The van der Waals surface area contributed by atoms with E-state index in [4.69, 9.17) is 0 Å². The maximum atomic E-state index is 13.1. The highest BCUT2D eigenvalue weighted by molar-refractivity contribution is 6.03. The zero-order valence-electron chi connectivity index (χ0n) is 18.3. The summed E-state index contributed by atoms with van der Waals surface area (Å²) >= 11 is 0. The van der Waals surface area contributed by atoms with Crippen molar-refractivity contribution >= 4 is 29.1 Å². The van der Waals surface area contributed by atoms with Crippen molar-refractivity contribution in [3.05, 3.63) is 68.8 Å². The first-order valence-electron chi connectivity index (χ1n) is 10.5. The van der Waals surface area contributed by atoms with Crippen LogP contribution in [0.4, 0.5) is 11.4 Å². The second kappa shape index (κ2) is 9.59. The Bertz CT molecular complexity index is 1080. The van der Waals surface area contributed by atoms with Crippen molar-refractivity contribution in [1.82, 2.24) is 10.2 Å². The number of rotatable bonds is 6. The molecule has 0 aromatic heterocycles. The summed E-state index contributed by atoms with van der Waals surface area (Å²) in [6.07, 6.45) is 1.19. The smallest absolute Gasteiger partial charge is 0.272 e. The maximum absolute atomic E-state index is 13.1. The average Bonchev–Trinajstić information content (AvgIpc) is 3.24. The minimum atomic E-state index is -0.662. The molecule has 0 radical (unpaired) electrons. The lowest BCUT2D eigenvalue weighted by Gasteiger charge is -2.24. The average molecular weight is 438 g/mol. The highest BCUT2D eigenvalue weighted by Crippen LogP contribution is 2.25. The summed E-state index contributed by atoms with van der Waals surface area (Å²) in [5, 5.41) is 16.6. The third-order valence-corrected chi connectivity index (χ3v) is 5.55. The molecule has 2 aromatic carbocycles. The van der Waals surface area contributed by atoms with Crippen LogP contribution in [0.25, 0.3) is 0 Å². The summed E-state index contributed by atoms with van der Waals surface area (Å²) in [7, 11) is 0. The highest BCUT2D eigenvalue weighted by Gasteiger charge is 2.35. The van der Waals surface area contributed by atoms with Gasteiger partial charge in [-0.15, -0.1) is 0 Å². The Morgan fingerprint density at radius 1 is 1.09 bits per heavy atom. The second-order valence-corrected chi connectivity index (χ2v) is 7.79. The number of aryl methyl sites for hydroxylation is 2. The van der Waals surface area contributed by atoms with Crippen LogP contribution in [0.3, 0.4) is 0 Å². The van der Waals surface area contributed by atoms with Crippen LogP contribution in [0.15, 0.2) is 36.4 Å². The van der Waals surface area contributed by atoms with Crippen LogP contribution in [0.5, 0.6) is 0 Å². The van der Waals surface area contributed by atoms with E-state index in [1.807, 2.05) is 13.8 Å². The van der Waals surface area contributed by atoms with Gasteiger partial charge in [-0.25, -0.2) is 0 Å². The fraction of sp³-hybridized carbons (Fsp3) is 0.348. The summed E-state index contributed by atoms with van der Waals surface area (Å²) in [4.78, 5) is 50.3. The number of anilines is 1. The zero-order chi connectivity index (χ0) is 23.4. The lowest BCUT2D eigenvalue weighted by molar-refractivity contribution is -0.385. The molecular formula is C23H26N4O5. The molecule has 0 spiro atoms. The van der Waals surface area contributed by atoms with Crippen LogP contribution in [-0.4, -0.2) is 46.7 Å². The molecule has 1 aliphatic rings. The molecule has 0 aliphatic carbocycles. The molecule has 1 aliphatic heterocycles.